The zero-order valence-electron chi connectivity index (χ0n) is 22.9. The van der Waals surface area contributed by atoms with Crippen LogP contribution in [0, 0.1) is 12.8 Å². The zero-order chi connectivity index (χ0) is 27.5. The summed E-state index contributed by atoms with van der Waals surface area (Å²) in [4.78, 5) is 33.7. The Morgan fingerprint density at radius 1 is 1.18 bits per heavy atom. The van der Waals surface area contributed by atoms with Crippen LogP contribution in [-0.4, -0.2) is 33.4 Å². The number of carbonyl (C=O) groups is 1. The Labute approximate surface area is 237 Å². The standard InChI is InChI=1S/C31H35N3O3S2/c1-19(2)25-16-24-26(17-37-25)39-29-28(24)30(36)34(23-12-8-9-20(3)15-23)31(33-29)38-18-27(35)32-21(4)13-14-22-10-6-5-7-11-22/h5-12,15,19,21,25H,13-14,16-18H2,1-4H3,(H,32,35)/t21-,25+/m1/s1. The Morgan fingerprint density at radius 3 is 2.72 bits per heavy atom. The summed E-state index contributed by atoms with van der Waals surface area (Å²) in [6.07, 6.45) is 2.57. The summed E-state index contributed by atoms with van der Waals surface area (Å²) in [5.74, 6) is 0.483. The van der Waals surface area contributed by atoms with Crippen molar-refractivity contribution in [3.63, 3.8) is 0 Å². The van der Waals surface area contributed by atoms with Gasteiger partial charge in [0.2, 0.25) is 5.91 Å². The van der Waals surface area contributed by atoms with Crippen LogP contribution < -0.4 is 10.9 Å². The molecule has 1 aliphatic heterocycles. The molecule has 8 heteroatoms. The lowest BCUT2D eigenvalue weighted by Gasteiger charge is -2.26. The number of rotatable bonds is 9. The van der Waals surface area contributed by atoms with E-state index in [0.717, 1.165) is 39.4 Å². The number of amides is 1. The molecule has 0 fully saturated rings. The first kappa shape index (κ1) is 27.6. The van der Waals surface area contributed by atoms with Crippen molar-refractivity contribution < 1.29 is 9.53 Å². The van der Waals surface area contributed by atoms with Gasteiger partial charge in [-0.15, -0.1) is 11.3 Å². The van der Waals surface area contributed by atoms with Gasteiger partial charge in [0.1, 0.15) is 4.83 Å². The molecule has 5 rings (SSSR count). The molecule has 1 amide bonds. The van der Waals surface area contributed by atoms with Crippen molar-refractivity contribution in [3.05, 3.63) is 86.5 Å². The van der Waals surface area contributed by atoms with Crippen molar-refractivity contribution in [2.45, 2.75) is 70.9 Å². The number of hydrogen-bond acceptors (Lipinski definition) is 6. The number of benzene rings is 2. The minimum absolute atomic E-state index is 0.0469. The number of aromatic nitrogens is 2. The molecule has 2 aromatic carbocycles. The quantitative estimate of drug-likeness (QED) is 0.198. The highest BCUT2D eigenvalue weighted by molar-refractivity contribution is 7.99. The van der Waals surface area contributed by atoms with Crippen molar-refractivity contribution in [1.29, 1.82) is 0 Å². The van der Waals surface area contributed by atoms with Crippen LogP contribution in [0.1, 0.15) is 48.8 Å². The molecule has 1 aliphatic rings. The first-order valence-corrected chi connectivity index (χ1v) is 15.3. The van der Waals surface area contributed by atoms with Gasteiger partial charge in [-0.05, 0) is 61.4 Å². The Kier molecular flexibility index (Phi) is 8.54. The second-order valence-corrected chi connectivity index (χ2v) is 12.7. The number of ether oxygens (including phenoxy) is 1. The summed E-state index contributed by atoms with van der Waals surface area (Å²) >= 11 is 2.84. The van der Waals surface area contributed by atoms with Crippen LogP contribution in [0.2, 0.25) is 0 Å². The third-order valence-corrected chi connectivity index (χ3v) is 9.20. The lowest BCUT2D eigenvalue weighted by Crippen LogP contribution is -2.34. The summed E-state index contributed by atoms with van der Waals surface area (Å²) in [7, 11) is 0. The lowest BCUT2D eigenvalue weighted by atomic mass is 9.96. The zero-order valence-corrected chi connectivity index (χ0v) is 24.5. The first-order valence-electron chi connectivity index (χ1n) is 13.5. The molecule has 0 saturated heterocycles. The van der Waals surface area contributed by atoms with Crippen LogP contribution in [0.5, 0.6) is 0 Å². The number of nitrogens with zero attached hydrogens (tertiary/aromatic N) is 2. The number of thioether (sulfide) groups is 1. The minimum Gasteiger partial charge on any atom is -0.372 e. The average Bonchev–Trinajstić information content (AvgIpc) is 3.29. The molecule has 0 aliphatic carbocycles. The van der Waals surface area contributed by atoms with Crippen molar-refractivity contribution >= 4 is 39.2 Å². The molecule has 0 bridgehead atoms. The van der Waals surface area contributed by atoms with E-state index in [9.17, 15) is 9.59 Å². The maximum absolute atomic E-state index is 14.1. The number of nitrogens with one attached hydrogen (secondary N) is 1. The second-order valence-electron chi connectivity index (χ2n) is 10.6. The molecule has 2 aromatic heterocycles. The summed E-state index contributed by atoms with van der Waals surface area (Å²) in [5, 5.41) is 4.33. The fourth-order valence-corrected chi connectivity index (χ4v) is 6.96. The fourth-order valence-electron chi connectivity index (χ4n) is 4.97. The summed E-state index contributed by atoms with van der Waals surface area (Å²) in [6, 6.07) is 18.2. The molecule has 39 heavy (non-hydrogen) atoms. The van der Waals surface area contributed by atoms with Gasteiger partial charge < -0.3 is 10.1 Å². The van der Waals surface area contributed by atoms with Crippen LogP contribution in [0.4, 0.5) is 0 Å². The summed E-state index contributed by atoms with van der Waals surface area (Å²) in [6.45, 7) is 8.84. The van der Waals surface area contributed by atoms with E-state index in [0.29, 0.717) is 29.5 Å². The van der Waals surface area contributed by atoms with Gasteiger partial charge in [-0.2, -0.15) is 0 Å². The highest BCUT2D eigenvalue weighted by atomic mass is 32.2. The van der Waals surface area contributed by atoms with Gasteiger partial charge in [-0.3, -0.25) is 14.2 Å². The number of carbonyl (C=O) groups excluding carboxylic acids is 1. The van der Waals surface area contributed by atoms with Gasteiger partial charge in [0.25, 0.3) is 5.56 Å². The first-order chi connectivity index (χ1) is 18.8. The molecule has 0 saturated carbocycles. The third kappa shape index (κ3) is 6.29. The van der Waals surface area contributed by atoms with E-state index in [1.165, 1.54) is 28.7 Å². The van der Waals surface area contributed by atoms with Crippen LogP contribution in [-0.2, 0) is 29.0 Å². The van der Waals surface area contributed by atoms with Crippen molar-refractivity contribution in [2.24, 2.45) is 5.92 Å². The van der Waals surface area contributed by atoms with E-state index in [-0.39, 0.29) is 29.4 Å². The molecule has 1 N–H and O–H groups in total. The summed E-state index contributed by atoms with van der Waals surface area (Å²) < 4.78 is 7.76. The molecule has 6 nitrogen and oxygen atoms in total. The van der Waals surface area contributed by atoms with Gasteiger partial charge in [0.15, 0.2) is 5.16 Å². The van der Waals surface area contributed by atoms with Gasteiger partial charge >= 0.3 is 0 Å². The molecule has 0 spiro atoms. The molecular formula is C31H35N3O3S2. The van der Waals surface area contributed by atoms with Gasteiger partial charge in [-0.1, -0.05) is 68.1 Å². The van der Waals surface area contributed by atoms with Crippen LogP contribution in [0.15, 0.2) is 64.5 Å². The minimum atomic E-state index is -0.0772. The van der Waals surface area contributed by atoms with Crippen molar-refractivity contribution in [3.8, 4) is 5.69 Å². The van der Waals surface area contributed by atoms with Crippen LogP contribution in [0.25, 0.3) is 15.9 Å². The molecule has 204 valence electrons. The molecule has 2 atom stereocenters. The maximum atomic E-state index is 14.1. The van der Waals surface area contributed by atoms with E-state index in [1.54, 1.807) is 4.57 Å². The lowest BCUT2D eigenvalue weighted by molar-refractivity contribution is -0.119. The average molecular weight is 562 g/mol. The Morgan fingerprint density at radius 2 is 1.97 bits per heavy atom. The molecule has 3 heterocycles. The normalized spacial score (nSPS) is 15.9. The van der Waals surface area contributed by atoms with E-state index < -0.39 is 0 Å². The van der Waals surface area contributed by atoms with E-state index in [4.69, 9.17) is 9.72 Å². The topological polar surface area (TPSA) is 73.2 Å². The fraction of sp³-hybridized carbons (Fsp3) is 0.387. The molecule has 4 aromatic rings. The Bertz CT molecular complexity index is 1530. The monoisotopic (exact) mass is 561 g/mol. The number of hydrogen-bond donors (Lipinski definition) is 1. The van der Waals surface area contributed by atoms with E-state index in [2.05, 4.69) is 31.3 Å². The van der Waals surface area contributed by atoms with E-state index in [1.807, 2.05) is 56.3 Å². The van der Waals surface area contributed by atoms with Crippen molar-refractivity contribution in [1.82, 2.24) is 14.9 Å². The highest BCUT2D eigenvalue weighted by Crippen LogP contribution is 2.36. The van der Waals surface area contributed by atoms with Crippen molar-refractivity contribution in [2.75, 3.05) is 5.75 Å². The highest BCUT2D eigenvalue weighted by Gasteiger charge is 2.29. The Balaban J connectivity index is 1.40. The number of thiophene rings is 1. The molecular weight excluding hydrogens is 526 g/mol. The van der Waals surface area contributed by atoms with Gasteiger partial charge in [0, 0.05) is 17.3 Å². The maximum Gasteiger partial charge on any atom is 0.267 e. The Hall–Kier alpha value is -2.94. The second kappa shape index (κ2) is 12.1. The van der Waals surface area contributed by atoms with Gasteiger partial charge in [0.05, 0.1) is 29.5 Å². The number of fused-ring (bicyclic) bond motifs is 3. The van der Waals surface area contributed by atoms with Crippen LogP contribution in [0.3, 0.4) is 0 Å². The molecule has 0 radical (unpaired) electrons. The van der Waals surface area contributed by atoms with E-state index >= 15 is 0 Å². The third-order valence-electron chi connectivity index (χ3n) is 7.16. The summed E-state index contributed by atoms with van der Waals surface area (Å²) in [5.41, 5.74) is 4.07. The SMILES string of the molecule is Cc1cccc(-n2c(SCC(=O)N[C@H](C)CCc3ccccc3)nc3sc4c(c3c2=O)C[C@@H](C(C)C)OC4)c1. The van der Waals surface area contributed by atoms with Gasteiger partial charge in [-0.25, -0.2) is 4.98 Å². The smallest absolute Gasteiger partial charge is 0.267 e. The largest absolute Gasteiger partial charge is 0.372 e. The number of aryl methyl sites for hydroxylation is 2. The predicted octanol–water partition coefficient (Wildman–Crippen LogP) is 6.08. The molecule has 0 unspecified atom stereocenters. The predicted molar refractivity (Wildman–Crippen MR) is 160 cm³/mol. The van der Waals surface area contributed by atoms with Crippen LogP contribution >= 0.6 is 23.1 Å².